The molecule has 0 aliphatic heterocycles. The Morgan fingerprint density at radius 3 is 2.46 bits per heavy atom. The van der Waals surface area contributed by atoms with Gasteiger partial charge in [0, 0.05) is 5.56 Å². The molecule has 5 heteroatoms. The molecule has 0 atom stereocenters. The highest BCUT2D eigenvalue weighted by atomic mass is 16.5. The Morgan fingerprint density at radius 2 is 1.71 bits per heavy atom. The minimum atomic E-state index is -0.168. The van der Waals surface area contributed by atoms with E-state index in [2.05, 4.69) is 16.6 Å². The SMILES string of the molecule is N#Cc1ccccc1COc1ccc(/C=N/NC(=O)Cc2ccccc2)cc1. The van der Waals surface area contributed by atoms with Crippen molar-refractivity contribution in [3.05, 3.63) is 101 Å². The standard InChI is InChI=1S/C23H19N3O2/c24-15-20-8-4-5-9-21(20)17-28-22-12-10-19(11-13-22)16-25-26-23(27)14-18-6-2-1-3-7-18/h1-13,16H,14,17H2,(H,26,27)/b25-16+. The molecule has 3 rings (SSSR count). The van der Waals surface area contributed by atoms with Crippen molar-refractivity contribution in [1.29, 1.82) is 5.26 Å². The highest BCUT2D eigenvalue weighted by Gasteiger charge is 2.03. The minimum absolute atomic E-state index is 0.168. The number of ether oxygens (including phenoxy) is 1. The molecular weight excluding hydrogens is 350 g/mol. The molecule has 3 aromatic carbocycles. The van der Waals surface area contributed by atoms with Gasteiger partial charge in [-0.15, -0.1) is 0 Å². The largest absolute Gasteiger partial charge is 0.489 e. The van der Waals surface area contributed by atoms with Gasteiger partial charge in [0.15, 0.2) is 0 Å². The molecule has 0 aromatic heterocycles. The van der Waals surface area contributed by atoms with Crippen LogP contribution >= 0.6 is 0 Å². The molecular formula is C23H19N3O2. The van der Waals surface area contributed by atoms with Crippen LogP contribution < -0.4 is 10.2 Å². The van der Waals surface area contributed by atoms with Gasteiger partial charge in [0.25, 0.3) is 0 Å². The Balaban J connectivity index is 1.49. The monoisotopic (exact) mass is 369 g/mol. The van der Waals surface area contributed by atoms with Gasteiger partial charge in [-0.05, 0) is 41.5 Å². The van der Waals surface area contributed by atoms with Crippen molar-refractivity contribution in [3.8, 4) is 11.8 Å². The highest BCUT2D eigenvalue weighted by molar-refractivity contribution is 5.83. The first kappa shape index (κ1) is 18.9. The van der Waals surface area contributed by atoms with Gasteiger partial charge < -0.3 is 4.74 Å². The van der Waals surface area contributed by atoms with Crippen LogP contribution in [-0.2, 0) is 17.8 Å². The molecule has 1 N–H and O–H groups in total. The third-order valence-electron chi connectivity index (χ3n) is 4.02. The molecule has 1 amide bonds. The van der Waals surface area contributed by atoms with Gasteiger partial charge in [-0.1, -0.05) is 48.5 Å². The fourth-order valence-corrected chi connectivity index (χ4v) is 2.57. The fraction of sp³-hybridized carbons (Fsp3) is 0.0870. The number of amides is 1. The van der Waals surface area contributed by atoms with E-state index >= 15 is 0 Å². The van der Waals surface area contributed by atoms with Crippen molar-refractivity contribution in [2.24, 2.45) is 5.10 Å². The van der Waals surface area contributed by atoms with Crippen LogP contribution in [0.15, 0.2) is 84.0 Å². The minimum Gasteiger partial charge on any atom is -0.489 e. The zero-order valence-electron chi connectivity index (χ0n) is 15.2. The second-order valence-corrected chi connectivity index (χ2v) is 6.08. The molecule has 0 spiro atoms. The second-order valence-electron chi connectivity index (χ2n) is 6.08. The number of hydrogen-bond donors (Lipinski definition) is 1. The van der Waals surface area contributed by atoms with Crippen LogP contribution in [0.1, 0.15) is 22.3 Å². The summed E-state index contributed by atoms with van der Waals surface area (Å²) in [4.78, 5) is 11.9. The van der Waals surface area contributed by atoms with Crippen LogP contribution in [0.25, 0.3) is 0 Å². The van der Waals surface area contributed by atoms with Crippen molar-refractivity contribution in [1.82, 2.24) is 5.43 Å². The van der Waals surface area contributed by atoms with Gasteiger partial charge in [-0.2, -0.15) is 10.4 Å². The lowest BCUT2D eigenvalue weighted by Crippen LogP contribution is -2.19. The molecule has 0 saturated carbocycles. The average Bonchev–Trinajstić information content (AvgIpc) is 2.74. The van der Waals surface area contributed by atoms with Crippen LogP contribution in [0, 0.1) is 11.3 Å². The van der Waals surface area contributed by atoms with Gasteiger partial charge >= 0.3 is 0 Å². The third kappa shape index (κ3) is 5.55. The van der Waals surface area contributed by atoms with E-state index in [0.717, 1.165) is 16.7 Å². The molecule has 5 nitrogen and oxygen atoms in total. The van der Waals surface area contributed by atoms with Crippen molar-refractivity contribution < 1.29 is 9.53 Å². The number of benzene rings is 3. The van der Waals surface area contributed by atoms with E-state index < -0.39 is 0 Å². The lowest BCUT2D eigenvalue weighted by Gasteiger charge is -2.07. The molecule has 0 fully saturated rings. The maximum atomic E-state index is 11.9. The first-order valence-electron chi connectivity index (χ1n) is 8.81. The number of hydrazone groups is 1. The molecule has 138 valence electrons. The number of carbonyl (C=O) groups is 1. The molecule has 0 saturated heterocycles. The van der Waals surface area contributed by atoms with E-state index in [1.165, 1.54) is 0 Å². The van der Waals surface area contributed by atoms with E-state index in [4.69, 9.17) is 10.00 Å². The Morgan fingerprint density at radius 1 is 1.00 bits per heavy atom. The summed E-state index contributed by atoms with van der Waals surface area (Å²) in [5.74, 6) is 0.525. The van der Waals surface area contributed by atoms with E-state index in [0.29, 0.717) is 17.9 Å². The molecule has 3 aromatic rings. The van der Waals surface area contributed by atoms with Gasteiger partial charge in [0.2, 0.25) is 5.91 Å². The molecule has 0 aliphatic carbocycles. The molecule has 28 heavy (non-hydrogen) atoms. The van der Waals surface area contributed by atoms with Crippen LogP contribution in [-0.4, -0.2) is 12.1 Å². The first-order valence-corrected chi connectivity index (χ1v) is 8.81. The Kier molecular flexibility index (Phi) is 6.53. The summed E-state index contributed by atoms with van der Waals surface area (Å²) in [5.41, 5.74) is 5.75. The topological polar surface area (TPSA) is 74.5 Å². The van der Waals surface area contributed by atoms with Gasteiger partial charge in [0.1, 0.15) is 12.4 Å². The van der Waals surface area contributed by atoms with Crippen molar-refractivity contribution >= 4 is 12.1 Å². The zero-order chi connectivity index (χ0) is 19.6. The second kappa shape index (κ2) is 9.70. The summed E-state index contributed by atoms with van der Waals surface area (Å²) in [5, 5.41) is 13.1. The fourth-order valence-electron chi connectivity index (χ4n) is 2.57. The van der Waals surface area contributed by atoms with Gasteiger partial charge in [0.05, 0.1) is 24.3 Å². The summed E-state index contributed by atoms with van der Waals surface area (Å²) in [6.07, 6.45) is 1.87. The summed E-state index contributed by atoms with van der Waals surface area (Å²) in [6.45, 7) is 0.326. The number of rotatable bonds is 7. The third-order valence-corrected chi connectivity index (χ3v) is 4.02. The number of carbonyl (C=O) groups excluding carboxylic acids is 1. The molecule has 0 aliphatic rings. The quantitative estimate of drug-likeness (QED) is 0.508. The number of nitrogens with zero attached hydrogens (tertiary/aromatic N) is 2. The van der Waals surface area contributed by atoms with E-state index in [1.807, 2.05) is 72.8 Å². The molecule has 0 heterocycles. The van der Waals surface area contributed by atoms with Crippen LogP contribution in [0.2, 0.25) is 0 Å². The maximum Gasteiger partial charge on any atom is 0.244 e. The van der Waals surface area contributed by atoms with E-state index in [-0.39, 0.29) is 12.3 Å². The molecule has 0 radical (unpaired) electrons. The summed E-state index contributed by atoms with van der Waals surface area (Å²) in [6, 6.07) is 26.3. The number of nitrogens with one attached hydrogen (secondary N) is 1. The van der Waals surface area contributed by atoms with Crippen LogP contribution in [0.4, 0.5) is 0 Å². The Hall–Kier alpha value is -3.91. The average molecular weight is 369 g/mol. The van der Waals surface area contributed by atoms with Gasteiger partial charge in [-0.3, -0.25) is 4.79 Å². The number of nitriles is 1. The Labute approximate surface area is 163 Å². The van der Waals surface area contributed by atoms with Crippen LogP contribution in [0.3, 0.4) is 0 Å². The van der Waals surface area contributed by atoms with Gasteiger partial charge in [-0.25, -0.2) is 5.43 Å². The highest BCUT2D eigenvalue weighted by Crippen LogP contribution is 2.15. The predicted octanol–water partition coefficient (Wildman–Crippen LogP) is 3.83. The lowest BCUT2D eigenvalue weighted by molar-refractivity contribution is -0.120. The van der Waals surface area contributed by atoms with Crippen molar-refractivity contribution in [2.75, 3.05) is 0 Å². The predicted molar refractivity (Wildman–Crippen MR) is 108 cm³/mol. The summed E-state index contributed by atoms with van der Waals surface area (Å²) in [7, 11) is 0. The summed E-state index contributed by atoms with van der Waals surface area (Å²) >= 11 is 0. The first-order chi connectivity index (χ1) is 13.7. The van der Waals surface area contributed by atoms with Crippen molar-refractivity contribution in [3.63, 3.8) is 0 Å². The molecule has 0 bridgehead atoms. The summed E-state index contributed by atoms with van der Waals surface area (Å²) < 4.78 is 5.73. The smallest absolute Gasteiger partial charge is 0.244 e. The maximum absolute atomic E-state index is 11.9. The van der Waals surface area contributed by atoms with E-state index in [1.54, 1.807) is 12.3 Å². The molecule has 0 unspecified atom stereocenters. The normalized spacial score (nSPS) is 10.4. The van der Waals surface area contributed by atoms with Crippen LogP contribution in [0.5, 0.6) is 5.75 Å². The lowest BCUT2D eigenvalue weighted by atomic mass is 10.1. The van der Waals surface area contributed by atoms with Crippen molar-refractivity contribution in [2.45, 2.75) is 13.0 Å². The van der Waals surface area contributed by atoms with E-state index in [9.17, 15) is 4.79 Å². The Bertz CT molecular complexity index is 990. The number of hydrogen-bond acceptors (Lipinski definition) is 4. The zero-order valence-corrected chi connectivity index (χ0v) is 15.2.